The number of fused-ring (bicyclic) bond motifs is 6. The standard InChI is InChI=1S/C38H31N2O/c1-23-16-17-29-30(19-18-28-27-13-7-6-12-26(27)20-24(2)34(28)29)35(23)38-36-31-14-8-9-15-32(31)40-37(36)33(21-39-38)41-22-25-10-4-3-5-11-25/h3-7,9-15,18-21,23-24,38H,16-17,22H2,1-2H3. The SMILES string of the molecule is CC1CCc2c3c(ccc2=C1C1N=CC(OCc2ccccc2)=C2N=c4cc[c]cc4=C21)=c1ccccc1=CC3C. The van der Waals surface area contributed by atoms with Crippen molar-refractivity contribution >= 4 is 23.4 Å². The Kier molecular flexibility index (Phi) is 5.67. The molecule has 0 saturated heterocycles. The quantitative estimate of drug-likeness (QED) is 0.374. The van der Waals surface area contributed by atoms with E-state index in [0.717, 1.165) is 46.0 Å². The Hall–Kier alpha value is -4.50. The number of benzene rings is 4. The summed E-state index contributed by atoms with van der Waals surface area (Å²) in [7, 11) is 0. The second-order valence-electron chi connectivity index (χ2n) is 11.6. The number of nitrogens with zero attached hydrogens (tertiary/aromatic N) is 2. The summed E-state index contributed by atoms with van der Waals surface area (Å²) < 4.78 is 6.36. The van der Waals surface area contributed by atoms with E-state index in [2.05, 4.69) is 80.6 Å². The van der Waals surface area contributed by atoms with Crippen molar-refractivity contribution in [1.82, 2.24) is 0 Å². The van der Waals surface area contributed by atoms with Gasteiger partial charge in [0.05, 0.1) is 11.6 Å². The number of ether oxygens (including phenoxy) is 1. The van der Waals surface area contributed by atoms with E-state index in [0.29, 0.717) is 18.4 Å². The molecule has 2 aliphatic heterocycles. The molecule has 0 spiro atoms. The smallest absolute Gasteiger partial charge is 0.163 e. The minimum Gasteiger partial charge on any atom is -0.485 e. The Balaban J connectivity index is 1.34. The van der Waals surface area contributed by atoms with Crippen LogP contribution in [0.5, 0.6) is 0 Å². The Labute approximate surface area is 239 Å². The summed E-state index contributed by atoms with van der Waals surface area (Å²) in [5.74, 6) is 1.53. The largest absolute Gasteiger partial charge is 0.485 e. The fraction of sp³-hybridized carbons (Fsp3) is 0.211. The van der Waals surface area contributed by atoms with E-state index in [1.807, 2.05) is 36.5 Å². The Morgan fingerprint density at radius 3 is 2.61 bits per heavy atom. The summed E-state index contributed by atoms with van der Waals surface area (Å²) in [6.45, 7) is 5.20. The molecule has 3 heteroatoms. The molecule has 3 nitrogen and oxygen atoms in total. The van der Waals surface area contributed by atoms with Gasteiger partial charge < -0.3 is 4.74 Å². The molecule has 0 aromatic heterocycles. The molecular weight excluding hydrogens is 500 g/mol. The van der Waals surface area contributed by atoms with E-state index in [4.69, 9.17) is 14.7 Å². The predicted octanol–water partition coefficient (Wildman–Crippen LogP) is 4.77. The third-order valence-corrected chi connectivity index (χ3v) is 9.16. The lowest BCUT2D eigenvalue weighted by molar-refractivity contribution is 0.216. The molecule has 8 rings (SSSR count). The normalized spacial score (nSPS) is 21.7. The van der Waals surface area contributed by atoms with Gasteiger partial charge in [-0.3, -0.25) is 4.99 Å². The maximum atomic E-state index is 6.36. The molecule has 4 aromatic rings. The van der Waals surface area contributed by atoms with Crippen LogP contribution in [0.4, 0.5) is 0 Å². The predicted molar refractivity (Wildman–Crippen MR) is 164 cm³/mol. The van der Waals surface area contributed by atoms with E-state index in [1.165, 1.54) is 37.6 Å². The van der Waals surface area contributed by atoms with Gasteiger partial charge in [-0.05, 0) is 80.1 Å². The van der Waals surface area contributed by atoms with Crippen LogP contribution in [0.2, 0.25) is 0 Å². The van der Waals surface area contributed by atoms with Crippen LogP contribution in [0.1, 0.15) is 42.9 Å². The Morgan fingerprint density at radius 2 is 1.71 bits per heavy atom. The van der Waals surface area contributed by atoms with Gasteiger partial charge in [0.2, 0.25) is 0 Å². The molecule has 1 radical (unpaired) electrons. The molecule has 4 aromatic carbocycles. The van der Waals surface area contributed by atoms with Crippen molar-refractivity contribution in [3.63, 3.8) is 0 Å². The first kappa shape index (κ1) is 24.3. The fourth-order valence-electron chi connectivity index (χ4n) is 7.26. The number of hydrogen-bond donors (Lipinski definition) is 0. The zero-order valence-corrected chi connectivity index (χ0v) is 23.4. The zero-order valence-electron chi connectivity index (χ0n) is 23.4. The van der Waals surface area contributed by atoms with Crippen LogP contribution in [0.3, 0.4) is 0 Å². The van der Waals surface area contributed by atoms with Gasteiger partial charge in [0.1, 0.15) is 18.3 Å². The van der Waals surface area contributed by atoms with Crippen molar-refractivity contribution in [1.29, 1.82) is 0 Å². The first-order valence-corrected chi connectivity index (χ1v) is 14.7. The second kappa shape index (κ2) is 9.55. The third kappa shape index (κ3) is 3.87. The molecule has 2 aliphatic carbocycles. The molecule has 0 bridgehead atoms. The van der Waals surface area contributed by atoms with Crippen LogP contribution in [0.25, 0.3) is 17.2 Å². The van der Waals surface area contributed by atoms with Crippen molar-refractivity contribution in [2.45, 2.75) is 45.3 Å². The van der Waals surface area contributed by atoms with Gasteiger partial charge in [0.15, 0.2) is 5.76 Å². The molecular formula is C38H31N2O. The van der Waals surface area contributed by atoms with Crippen molar-refractivity contribution in [2.24, 2.45) is 15.9 Å². The van der Waals surface area contributed by atoms with E-state index in [9.17, 15) is 0 Å². The average molecular weight is 532 g/mol. The maximum Gasteiger partial charge on any atom is 0.163 e. The van der Waals surface area contributed by atoms with Crippen LogP contribution in [-0.4, -0.2) is 12.3 Å². The fourth-order valence-corrected chi connectivity index (χ4v) is 7.26. The first-order chi connectivity index (χ1) is 20.2. The van der Waals surface area contributed by atoms with Crippen LogP contribution >= 0.6 is 0 Å². The van der Waals surface area contributed by atoms with E-state index in [-0.39, 0.29) is 6.04 Å². The lowest BCUT2D eigenvalue weighted by Gasteiger charge is -2.32. The van der Waals surface area contributed by atoms with Gasteiger partial charge in [-0.15, -0.1) is 0 Å². The highest BCUT2D eigenvalue weighted by molar-refractivity contribution is 5.94. The molecule has 3 atom stereocenters. The highest BCUT2D eigenvalue weighted by Gasteiger charge is 2.35. The number of dihydropyridines is 1. The summed E-state index contributed by atoms with van der Waals surface area (Å²) in [5.41, 5.74) is 7.58. The zero-order chi connectivity index (χ0) is 27.5. The molecule has 41 heavy (non-hydrogen) atoms. The molecule has 2 heterocycles. The van der Waals surface area contributed by atoms with Gasteiger partial charge in [-0.2, -0.15) is 0 Å². The summed E-state index contributed by atoms with van der Waals surface area (Å²) >= 11 is 0. The summed E-state index contributed by atoms with van der Waals surface area (Å²) in [5, 5.41) is 7.53. The van der Waals surface area contributed by atoms with Crippen molar-refractivity contribution in [2.75, 3.05) is 0 Å². The van der Waals surface area contributed by atoms with Crippen LogP contribution in [0, 0.1) is 22.4 Å². The van der Waals surface area contributed by atoms with E-state index < -0.39 is 0 Å². The molecule has 3 unspecified atom stereocenters. The maximum absolute atomic E-state index is 6.36. The number of aliphatic imine (C=N–C) groups is 1. The van der Waals surface area contributed by atoms with E-state index in [1.54, 1.807) is 0 Å². The van der Waals surface area contributed by atoms with Crippen molar-refractivity contribution < 1.29 is 4.74 Å². The van der Waals surface area contributed by atoms with Crippen LogP contribution < -0.4 is 21.0 Å². The van der Waals surface area contributed by atoms with Gasteiger partial charge in [0.25, 0.3) is 0 Å². The first-order valence-electron chi connectivity index (χ1n) is 14.7. The molecule has 4 aliphatic rings. The number of allylic oxidation sites excluding steroid dienone is 1. The monoisotopic (exact) mass is 531 g/mol. The molecule has 0 N–H and O–H groups in total. The molecule has 0 saturated carbocycles. The minimum atomic E-state index is -0.0999. The van der Waals surface area contributed by atoms with Gasteiger partial charge in [-0.25, -0.2) is 4.99 Å². The topological polar surface area (TPSA) is 34.0 Å². The minimum absolute atomic E-state index is 0.0999. The average Bonchev–Trinajstić information content (AvgIpc) is 3.40. The summed E-state index contributed by atoms with van der Waals surface area (Å²) in [6.07, 6.45) is 6.57. The highest BCUT2D eigenvalue weighted by atomic mass is 16.5. The van der Waals surface area contributed by atoms with Crippen LogP contribution in [-0.2, 0) is 17.8 Å². The lowest BCUT2D eigenvalue weighted by Crippen LogP contribution is -2.35. The van der Waals surface area contributed by atoms with E-state index >= 15 is 0 Å². The van der Waals surface area contributed by atoms with Crippen molar-refractivity contribution in [3.05, 3.63) is 151 Å². The summed E-state index contributed by atoms with van der Waals surface area (Å²) in [4.78, 5) is 10.3. The third-order valence-electron chi connectivity index (χ3n) is 9.16. The number of rotatable bonds is 4. The number of hydrogen-bond acceptors (Lipinski definition) is 3. The van der Waals surface area contributed by atoms with Gasteiger partial charge in [0, 0.05) is 16.7 Å². The van der Waals surface area contributed by atoms with Crippen LogP contribution in [0.15, 0.2) is 106 Å². The van der Waals surface area contributed by atoms with Gasteiger partial charge >= 0.3 is 0 Å². The van der Waals surface area contributed by atoms with Crippen molar-refractivity contribution in [3.8, 4) is 0 Å². The molecule has 0 amide bonds. The Bertz CT molecular complexity index is 2140. The second-order valence-corrected chi connectivity index (χ2v) is 11.6. The highest BCUT2D eigenvalue weighted by Crippen LogP contribution is 2.38. The summed E-state index contributed by atoms with van der Waals surface area (Å²) in [6, 6.07) is 33.1. The van der Waals surface area contributed by atoms with Gasteiger partial charge in [-0.1, -0.05) is 92.7 Å². The molecule has 0 fully saturated rings. The lowest BCUT2D eigenvalue weighted by atomic mass is 9.75. The Morgan fingerprint density at radius 1 is 0.878 bits per heavy atom. The molecule has 199 valence electrons.